The summed E-state index contributed by atoms with van der Waals surface area (Å²) in [6, 6.07) is 0. The fraction of sp³-hybridized carbons (Fsp3) is 0.643. The van der Waals surface area contributed by atoms with E-state index in [9.17, 15) is 9.59 Å². The molecule has 2 aliphatic rings. The average molecular weight is 309 g/mol. The zero-order valence-electron chi connectivity index (χ0n) is 12.3. The minimum absolute atomic E-state index is 0.0592. The van der Waals surface area contributed by atoms with Gasteiger partial charge in [-0.25, -0.2) is 9.78 Å². The molecule has 0 radical (unpaired) electrons. The van der Waals surface area contributed by atoms with Crippen LogP contribution in [0.4, 0.5) is 4.79 Å². The topological polar surface area (TPSA) is 62.7 Å². The molecule has 3 rings (SSSR count). The number of thiazole rings is 1. The van der Waals surface area contributed by atoms with Crippen LogP contribution in [0.2, 0.25) is 0 Å². The van der Waals surface area contributed by atoms with Gasteiger partial charge in [0, 0.05) is 25.4 Å². The quantitative estimate of drug-likeness (QED) is 0.853. The fourth-order valence-corrected chi connectivity index (χ4v) is 3.80. The number of likely N-dealkylation sites (N-methyl/N-ethyl adjacent to an activating group) is 1. The minimum Gasteiger partial charge on any atom is -0.439 e. The number of aromatic nitrogens is 1. The molecule has 1 aromatic rings. The molecule has 0 bridgehead atoms. The fourth-order valence-electron chi connectivity index (χ4n) is 2.92. The predicted molar refractivity (Wildman–Crippen MR) is 78.5 cm³/mol. The third-order valence-electron chi connectivity index (χ3n) is 3.98. The maximum Gasteiger partial charge on any atom is 0.410 e. The molecule has 2 aliphatic heterocycles. The van der Waals surface area contributed by atoms with Crippen molar-refractivity contribution in [1.82, 2.24) is 14.8 Å². The van der Waals surface area contributed by atoms with Crippen molar-refractivity contribution in [2.45, 2.75) is 31.8 Å². The molecule has 0 aromatic carbocycles. The van der Waals surface area contributed by atoms with Gasteiger partial charge in [0.05, 0.1) is 18.1 Å². The van der Waals surface area contributed by atoms with Crippen molar-refractivity contribution in [3.63, 3.8) is 0 Å². The molecule has 7 heteroatoms. The summed E-state index contributed by atoms with van der Waals surface area (Å²) in [7, 11) is 1.72. The molecule has 2 fully saturated rings. The maximum atomic E-state index is 12.5. The lowest BCUT2D eigenvalue weighted by atomic mass is 10.0. The van der Waals surface area contributed by atoms with Crippen LogP contribution >= 0.6 is 11.3 Å². The van der Waals surface area contributed by atoms with Crippen molar-refractivity contribution in [3.8, 4) is 0 Å². The number of ether oxygens (including phenoxy) is 1. The molecule has 1 spiro atoms. The van der Waals surface area contributed by atoms with E-state index < -0.39 is 5.60 Å². The van der Waals surface area contributed by atoms with Crippen LogP contribution in [0.1, 0.15) is 35.3 Å². The Hall–Kier alpha value is -1.63. The Morgan fingerprint density at radius 2 is 2.33 bits per heavy atom. The summed E-state index contributed by atoms with van der Waals surface area (Å²) in [6.07, 6.45) is 2.32. The van der Waals surface area contributed by atoms with Gasteiger partial charge in [-0.3, -0.25) is 4.79 Å². The Morgan fingerprint density at radius 1 is 1.52 bits per heavy atom. The van der Waals surface area contributed by atoms with Crippen molar-refractivity contribution >= 4 is 23.3 Å². The van der Waals surface area contributed by atoms with E-state index in [0.717, 1.165) is 17.8 Å². The Morgan fingerprint density at radius 3 is 3.00 bits per heavy atom. The van der Waals surface area contributed by atoms with Gasteiger partial charge < -0.3 is 14.5 Å². The van der Waals surface area contributed by atoms with Crippen LogP contribution in [0.25, 0.3) is 0 Å². The zero-order chi connectivity index (χ0) is 15.0. The van der Waals surface area contributed by atoms with Crippen LogP contribution in [-0.4, -0.2) is 59.1 Å². The molecule has 0 saturated carbocycles. The number of hydrogen-bond acceptors (Lipinski definition) is 5. The summed E-state index contributed by atoms with van der Waals surface area (Å²) in [5.74, 6) is -0.0592. The Bertz CT molecular complexity index is 574. The van der Waals surface area contributed by atoms with Gasteiger partial charge in [0.25, 0.3) is 5.91 Å². The lowest BCUT2D eigenvalue weighted by Gasteiger charge is -2.21. The highest BCUT2D eigenvalue weighted by Gasteiger charge is 2.49. The van der Waals surface area contributed by atoms with Crippen LogP contribution in [-0.2, 0) is 11.2 Å². The van der Waals surface area contributed by atoms with Gasteiger partial charge in [0.2, 0.25) is 0 Å². The smallest absolute Gasteiger partial charge is 0.410 e. The summed E-state index contributed by atoms with van der Waals surface area (Å²) in [4.78, 5) is 31.7. The Labute approximate surface area is 127 Å². The van der Waals surface area contributed by atoms with Crippen molar-refractivity contribution in [2.24, 2.45) is 0 Å². The van der Waals surface area contributed by atoms with E-state index in [0.29, 0.717) is 31.7 Å². The largest absolute Gasteiger partial charge is 0.439 e. The van der Waals surface area contributed by atoms with Crippen molar-refractivity contribution in [2.75, 3.05) is 26.7 Å². The molecule has 1 unspecified atom stereocenters. The summed E-state index contributed by atoms with van der Waals surface area (Å²) in [6.45, 7) is 3.72. The van der Waals surface area contributed by atoms with E-state index in [2.05, 4.69) is 11.9 Å². The van der Waals surface area contributed by atoms with E-state index >= 15 is 0 Å². The first-order chi connectivity index (χ1) is 10.0. The number of likely N-dealkylation sites (tertiary alicyclic amines) is 1. The van der Waals surface area contributed by atoms with Crippen molar-refractivity contribution < 1.29 is 14.3 Å². The molecule has 2 amide bonds. The van der Waals surface area contributed by atoms with Gasteiger partial charge in [0.1, 0.15) is 5.69 Å². The second-order valence-corrected chi connectivity index (χ2v) is 6.70. The van der Waals surface area contributed by atoms with Gasteiger partial charge in [-0.05, 0) is 12.8 Å². The first-order valence-corrected chi connectivity index (χ1v) is 8.09. The van der Waals surface area contributed by atoms with Gasteiger partial charge in [-0.15, -0.1) is 11.3 Å². The molecule has 3 heterocycles. The number of amides is 2. The van der Waals surface area contributed by atoms with Gasteiger partial charge in [-0.2, -0.15) is 0 Å². The van der Waals surface area contributed by atoms with Gasteiger partial charge in [-0.1, -0.05) is 6.92 Å². The number of aryl methyl sites for hydroxylation is 1. The van der Waals surface area contributed by atoms with Gasteiger partial charge in [0.15, 0.2) is 5.60 Å². The van der Waals surface area contributed by atoms with E-state index in [4.69, 9.17) is 4.74 Å². The number of carbonyl (C=O) groups excluding carboxylic acids is 2. The maximum absolute atomic E-state index is 12.5. The third kappa shape index (κ3) is 2.62. The molecular formula is C14H19N3O3S. The van der Waals surface area contributed by atoms with Crippen LogP contribution in [0, 0.1) is 0 Å². The number of hydrogen-bond donors (Lipinski definition) is 0. The Balaban J connectivity index is 1.68. The molecule has 0 N–H and O–H groups in total. The zero-order valence-corrected chi connectivity index (χ0v) is 13.1. The summed E-state index contributed by atoms with van der Waals surface area (Å²) in [5, 5.41) is 2.83. The first kappa shape index (κ1) is 14.3. The standard InChI is InChI=1S/C14H19N3O3S/c1-3-4-11-15-10(7-21-11)12(18)17-6-5-14(9-17)8-16(2)13(19)20-14/h7H,3-6,8-9H2,1-2H3. The van der Waals surface area contributed by atoms with Crippen molar-refractivity contribution in [1.29, 1.82) is 0 Å². The summed E-state index contributed by atoms with van der Waals surface area (Å²) in [5.41, 5.74) is -0.0118. The van der Waals surface area contributed by atoms with Crippen LogP contribution < -0.4 is 0 Å². The second-order valence-electron chi connectivity index (χ2n) is 5.76. The molecule has 1 atom stereocenters. The summed E-state index contributed by atoms with van der Waals surface area (Å²) >= 11 is 1.53. The van der Waals surface area contributed by atoms with Gasteiger partial charge >= 0.3 is 6.09 Å². The highest BCUT2D eigenvalue weighted by atomic mass is 32.1. The van der Waals surface area contributed by atoms with Crippen LogP contribution in [0.3, 0.4) is 0 Å². The monoisotopic (exact) mass is 309 g/mol. The predicted octanol–water partition coefficient (Wildman–Crippen LogP) is 1.76. The van der Waals surface area contributed by atoms with E-state index in [1.54, 1.807) is 16.8 Å². The van der Waals surface area contributed by atoms with E-state index in [1.165, 1.54) is 11.3 Å². The summed E-state index contributed by atoms with van der Waals surface area (Å²) < 4.78 is 5.46. The highest BCUT2D eigenvalue weighted by Crippen LogP contribution is 2.32. The highest BCUT2D eigenvalue weighted by molar-refractivity contribution is 7.09. The number of nitrogens with zero attached hydrogens (tertiary/aromatic N) is 3. The lowest BCUT2D eigenvalue weighted by Crippen LogP contribution is -2.39. The molecule has 114 valence electrons. The second kappa shape index (κ2) is 5.29. The van der Waals surface area contributed by atoms with E-state index in [1.807, 2.05) is 5.38 Å². The van der Waals surface area contributed by atoms with Crippen LogP contribution in [0.15, 0.2) is 5.38 Å². The first-order valence-electron chi connectivity index (χ1n) is 7.21. The number of rotatable bonds is 3. The number of carbonyl (C=O) groups is 2. The molecule has 0 aliphatic carbocycles. The SMILES string of the molecule is CCCc1nc(C(=O)N2CCC3(CN(C)C(=O)O3)C2)cs1. The van der Waals surface area contributed by atoms with E-state index in [-0.39, 0.29) is 12.0 Å². The van der Waals surface area contributed by atoms with Crippen LogP contribution in [0.5, 0.6) is 0 Å². The average Bonchev–Trinajstić information content (AvgIpc) is 3.12. The molecule has 2 saturated heterocycles. The molecule has 1 aromatic heterocycles. The van der Waals surface area contributed by atoms with Crippen molar-refractivity contribution in [3.05, 3.63) is 16.1 Å². The normalized spacial score (nSPS) is 25.0. The molecule has 21 heavy (non-hydrogen) atoms. The third-order valence-corrected chi connectivity index (χ3v) is 4.89. The Kier molecular flexibility index (Phi) is 3.61. The lowest BCUT2D eigenvalue weighted by molar-refractivity contribution is 0.0551. The minimum atomic E-state index is -0.524. The molecular weight excluding hydrogens is 290 g/mol. The molecule has 6 nitrogen and oxygen atoms in total.